The number of fused-ring (bicyclic) bond motifs is 3. The number of esters is 1. The summed E-state index contributed by atoms with van der Waals surface area (Å²) >= 11 is 0. The standard InChI is InChI=1S/C35H48N2O8/c1-4-5-19-44-22-17-36-33(40)13-7-14-34(41)37-26-15-16-28-30(23-26)31(24-45-25(2)38)27-10-6-11-29(35(27)28)32(39)12-8-20-43-21-9-18-42-3/h6,10-11,15-16,23,31H,4-5,7-9,12-14,17-22,24H2,1-3H3,(H,36,40)(H,37,41). The summed E-state index contributed by atoms with van der Waals surface area (Å²) < 4.78 is 21.5. The Morgan fingerprint density at radius 1 is 0.800 bits per heavy atom. The normalized spacial score (nSPS) is 13.2. The van der Waals surface area contributed by atoms with Crippen LogP contribution in [0.1, 0.15) is 92.6 Å². The monoisotopic (exact) mass is 624 g/mol. The van der Waals surface area contributed by atoms with E-state index >= 15 is 0 Å². The van der Waals surface area contributed by atoms with Crippen molar-refractivity contribution >= 4 is 29.3 Å². The Morgan fingerprint density at radius 2 is 1.56 bits per heavy atom. The van der Waals surface area contributed by atoms with Gasteiger partial charge in [-0.15, -0.1) is 0 Å². The van der Waals surface area contributed by atoms with E-state index in [-0.39, 0.29) is 48.9 Å². The number of methoxy groups -OCH3 is 1. The van der Waals surface area contributed by atoms with Gasteiger partial charge in [0.05, 0.1) is 6.61 Å². The maximum absolute atomic E-state index is 13.3. The molecule has 0 spiro atoms. The molecule has 2 N–H and O–H groups in total. The number of hydrogen-bond acceptors (Lipinski definition) is 8. The number of anilines is 1. The Bertz CT molecular complexity index is 1280. The second-order valence-electron chi connectivity index (χ2n) is 11.1. The van der Waals surface area contributed by atoms with E-state index in [1.807, 2.05) is 36.4 Å². The van der Waals surface area contributed by atoms with Crippen molar-refractivity contribution in [2.24, 2.45) is 0 Å². The molecular weight excluding hydrogens is 576 g/mol. The summed E-state index contributed by atoms with van der Waals surface area (Å²) in [5.74, 6) is -0.942. The molecule has 0 bridgehead atoms. The van der Waals surface area contributed by atoms with Gasteiger partial charge in [-0.05, 0) is 60.1 Å². The van der Waals surface area contributed by atoms with Crippen LogP contribution < -0.4 is 10.6 Å². The highest BCUT2D eigenvalue weighted by Crippen LogP contribution is 2.47. The molecule has 0 fully saturated rings. The van der Waals surface area contributed by atoms with Gasteiger partial charge in [0.1, 0.15) is 6.61 Å². The molecule has 2 aromatic carbocycles. The molecule has 10 heteroatoms. The average molecular weight is 625 g/mol. The van der Waals surface area contributed by atoms with Crippen LogP contribution in [-0.2, 0) is 33.3 Å². The summed E-state index contributed by atoms with van der Waals surface area (Å²) in [4.78, 5) is 49.9. The van der Waals surface area contributed by atoms with Gasteiger partial charge in [0.25, 0.3) is 0 Å². The third-order valence-electron chi connectivity index (χ3n) is 7.55. The van der Waals surface area contributed by atoms with Gasteiger partial charge < -0.3 is 29.6 Å². The highest BCUT2D eigenvalue weighted by molar-refractivity contribution is 6.05. The molecule has 1 unspecified atom stereocenters. The van der Waals surface area contributed by atoms with Crippen LogP contribution in [0.2, 0.25) is 0 Å². The van der Waals surface area contributed by atoms with Gasteiger partial charge in [-0.2, -0.15) is 0 Å². The Hall–Kier alpha value is -3.60. The second-order valence-corrected chi connectivity index (χ2v) is 11.1. The topological polar surface area (TPSA) is 129 Å². The zero-order chi connectivity index (χ0) is 32.4. The number of amides is 2. The fraction of sp³-hybridized carbons (Fsp3) is 0.543. The van der Waals surface area contributed by atoms with Gasteiger partial charge in [0.15, 0.2) is 5.78 Å². The molecule has 1 aliphatic carbocycles. The van der Waals surface area contributed by atoms with E-state index in [2.05, 4.69) is 17.6 Å². The number of Topliss-reactive ketones (excluding diaryl/α,β-unsaturated/α-hetero) is 1. The van der Waals surface area contributed by atoms with Crippen LogP contribution in [-0.4, -0.2) is 76.9 Å². The predicted octanol–water partition coefficient (Wildman–Crippen LogP) is 5.42. The van der Waals surface area contributed by atoms with E-state index < -0.39 is 0 Å². The first-order chi connectivity index (χ1) is 21.8. The molecule has 10 nitrogen and oxygen atoms in total. The van der Waals surface area contributed by atoms with Crippen molar-refractivity contribution in [3.05, 3.63) is 53.1 Å². The van der Waals surface area contributed by atoms with Crippen LogP contribution in [0.25, 0.3) is 11.1 Å². The number of ketones is 1. The van der Waals surface area contributed by atoms with Crippen LogP contribution >= 0.6 is 0 Å². The molecule has 1 atom stereocenters. The first-order valence-electron chi connectivity index (χ1n) is 16.0. The van der Waals surface area contributed by atoms with Crippen molar-refractivity contribution in [1.82, 2.24) is 5.32 Å². The lowest BCUT2D eigenvalue weighted by atomic mass is 9.93. The van der Waals surface area contributed by atoms with Crippen LogP contribution in [0.3, 0.4) is 0 Å². The summed E-state index contributed by atoms with van der Waals surface area (Å²) in [6.45, 7) is 6.95. The second kappa shape index (κ2) is 19.7. The van der Waals surface area contributed by atoms with E-state index in [0.29, 0.717) is 70.1 Å². The average Bonchev–Trinajstić information content (AvgIpc) is 3.33. The van der Waals surface area contributed by atoms with E-state index in [4.69, 9.17) is 18.9 Å². The van der Waals surface area contributed by atoms with E-state index in [9.17, 15) is 19.2 Å². The Morgan fingerprint density at radius 3 is 2.33 bits per heavy atom. The highest BCUT2D eigenvalue weighted by Gasteiger charge is 2.33. The van der Waals surface area contributed by atoms with Gasteiger partial charge in [0.2, 0.25) is 11.8 Å². The van der Waals surface area contributed by atoms with Crippen molar-refractivity contribution in [2.75, 3.05) is 58.6 Å². The molecule has 45 heavy (non-hydrogen) atoms. The largest absolute Gasteiger partial charge is 0.465 e. The van der Waals surface area contributed by atoms with Gasteiger partial charge in [0, 0.05) is 83.4 Å². The van der Waals surface area contributed by atoms with Gasteiger partial charge in [-0.25, -0.2) is 0 Å². The maximum Gasteiger partial charge on any atom is 0.302 e. The van der Waals surface area contributed by atoms with Crippen LogP contribution in [0.15, 0.2) is 36.4 Å². The number of unbranched alkanes of at least 4 members (excludes halogenated alkanes) is 1. The fourth-order valence-electron chi connectivity index (χ4n) is 5.31. The minimum Gasteiger partial charge on any atom is -0.465 e. The zero-order valence-electron chi connectivity index (χ0n) is 26.9. The Kier molecular flexibility index (Phi) is 15.7. The molecule has 0 aromatic heterocycles. The molecule has 0 saturated carbocycles. The number of rotatable bonds is 22. The van der Waals surface area contributed by atoms with Crippen LogP contribution in [0.5, 0.6) is 0 Å². The van der Waals surface area contributed by atoms with Crippen LogP contribution in [0, 0.1) is 0 Å². The van der Waals surface area contributed by atoms with Crippen LogP contribution in [0.4, 0.5) is 5.69 Å². The third-order valence-corrected chi connectivity index (χ3v) is 7.55. The maximum atomic E-state index is 13.3. The van der Waals surface area contributed by atoms with Crippen molar-refractivity contribution in [3.8, 4) is 11.1 Å². The molecule has 1 aliphatic rings. The lowest BCUT2D eigenvalue weighted by molar-refractivity contribution is -0.141. The molecule has 0 aliphatic heterocycles. The summed E-state index contributed by atoms with van der Waals surface area (Å²) in [6, 6.07) is 11.3. The van der Waals surface area contributed by atoms with Crippen molar-refractivity contribution in [3.63, 3.8) is 0 Å². The number of ether oxygens (including phenoxy) is 4. The number of benzene rings is 2. The Balaban J connectivity index is 1.61. The van der Waals surface area contributed by atoms with Crippen molar-refractivity contribution in [2.45, 2.75) is 71.1 Å². The van der Waals surface area contributed by atoms with Crippen molar-refractivity contribution in [1.29, 1.82) is 0 Å². The molecule has 0 heterocycles. The van der Waals surface area contributed by atoms with Gasteiger partial charge in [-0.3, -0.25) is 19.2 Å². The Labute approximate surface area is 266 Å². The van der Waals surface area contributed by atoms with E-state index in [0.717, 1.165) is 41.5 Å². The van der Waals surface area contributed by atoms with Crippen molar-refractivity contribution < 1.29 is 38.1 Å². The summed E-state index contributed by atoms with van der Waals surface area (Å²) in [7, 11) is 1.65. The molecular formula is C35H48N2O8. The third kappa shape index (κ3) is 11.7. The molecule has 0 radical (unpaired) electrons. The zero-order valence-corrected chi connectivity index (χ0v) is 26.9. The lowest BCUT2D eigenvalue weighted by Crippen LogP contribution is -2.27. The van der Waals surface area contributed by atoms with E-state index in [1.54, 1.807) is 7.11 Å². The molecule has 0 saturated heterocycles. The van der Waals surface area contributed by atoms with Gasteiger partial charge in [-0.1, -0.05) is 37.6 Å². The molecule has 3 rings (SSSR count). The number of carbonyl (C=O) groups excluding carboxylic acids is 4. The quantitative estimate of drug-likeness (QED) is 0.101. The number of nitrogens with one attached hydrogen (secondary N) is 2. The summed E-state index contributed by atoms with van der Waals surface area (Å²) in [6.07, 6.45) is 4.71. The summed E-state index contributed by atoms with van der Waals surface area (Å²) in [5.41, 5.74) is 4.75. The van der Waals surface area contributed by atoms with E-state index in [1.165, 1.54) is 6.92 Å². The lowest BCUT2D eigenvalue weighted by Gasteiger charge is -2.15. The predicted molar refractivity (Wildman–Crippen MR) is 172 cm³/mol. The van der Waals surface area contributed by atoms with Gasteiger partial charge >= 0.3 is 5.97 Å². The highest BCUT2D eigenvalue weighted by atomic mass is 16.5. The minimum absolute atomic E-state index is 0.0249. The number of carbonyl (C=O) groups is 4. The smallest absolute Gasteiger partial charge is 0.302 e. The SMILES string of the molecule is CCCCOCCNC(=O)CCCC(=O)Nc1ccc2c(c1)C(COC(C)=O)c1cccc(C(=O)CCCOCCCOC)c1-2. The summed E-state index contributed by atoms with van der Waals surface area (Å²) in [5, 5.41) is 5.75. The molecule has 2 aromatic rings. The minimum atomic E-state index is -0.389. The first-order valence-corrected chi connectivity index (χ1v) is 16.0. The first kappa shape index (κ1) is 35.9. The fourth-order valence-corrected chi connectivity index (χ4v) is 5.31. The molecule has 2 amide bonds. The number of hydrogen-bond donors (Lipinski definition) is 2. The molecule has 246 valence electrons.